The van der Waals surface area contributed by atoms with Gasteiger partial charge in [0.1, 0.15) is 0 Å². The highest BCUT2D eigenvalue weighted by atomic mass is 35.5. The Morgan fingerprint density at radius 1 is 0.500 bits per heavy atom. The van der Waals surface area contributed by atoms with E-state index in [4.69, 9.17) is 11.6 Å². The zero-order valence-corrected chi connectivity index (χ0v) is 10.5. The first-order valence-corrected chi connectivity index (χ1v) is 5.01. The largest absolute Gasteiger partial charge is 0.437 e. The molecule has 1 rings (SSSR count). The fourth-order valence-corrected chi connectivity index (χ4v) is 1.83. The maximum atomic E-state index is 10.8. The van der Waals surface area contributed by atoms with Crippen molar-refractivity contribution < 1.29 is 24.6 Å². The summed E-state index contributed by atoms with van der Waals surface area (Å²) in [6.07, 6.45) is 0. The minimum absolute atomic E-state index is 1.56. The van der Waals surface area contributed by atoms with Crippen molar-refractivity contribution in [2.45, 2.75) is 0 Å². The van der Waals surface area contributed by atoms with Gasteiger partial charge in [-0.1, -0.05) is 11.6 Å². The molecule has 0 N–H and O–H groups in total. The SMILES string of the molecule is O=[N+]([O-])c1c(Cl)c([N+](=O)[O-])c([N+](=O)[O-])c([N+](=O)[O-])c1[N+](=O)[O-]. The van der Waals surface area contributed by atoms with E-state index in [1.54, 1.807) is 0 Å². The van der Waals surface area contributed by atoms with E-state index in [1.807, 2.05) is 0 Å². The van der Waals surface area contributed by atoms with Gasteiger partial charge in [0.25, 0.3) is 0 Å². The Morgan fingerprint density at radius 2 is 0.682 bits per heavy atom. The zero-order chi connectivity index (χ0) is 17.4. The molecule has 0 aromatic heterocycles. The lowest BCUT2D eigenvalue weighted by Gasteiger charge is -2.01. The van der Waals surface area contributed by atoms with Crippen molar-refractivity contribution in [3.8, 4) is 0 Å². The molecule has 0 unspecified atom stereocenters. The van der Waals surface area contributed by atoms with Crippen LogP contribution >= 0.6 is 11.6 Å². The lowest BCUT2D eigenvalue weighted by molar-refractivity contribution is -0.460. The van der Waals surface area contributed by atoms with Crippen LogP contribution in [0, 0.1) is 50.6 Å². The summed E-state index contributed by atoms with van der Waals surface area (Å²) in [7, 11) is 0. The Morgan fingerprint density at radius 3 is 0.864 bits per heavy atom. The number of nitro benzene ring substituents is 5. The molecule has 0 heterocycles. The van der Waals surface area contributed by atoms with E-state index in [9.17, 15) is 50.6 Å². The smallest absolute Gasteiger partial charge is 0.258 e. The zero-order valence-electron chi connectivity index (χ0n) is 9.70. The molecule has 1 aromatic carbocycles. The van der Waals surface area contributed by atoms with Gasteiger partial charge in [0.15, 0.2) is 0 Å². The van der Waals surface area contributed by atoms with Crippen LogP contribution in [-0.2, 0) is 0 Å². The normalized spacial score (nSPS) is 10.0. The van der Waals surface area contributed by atoms with Gasteiger partial charge in [-0.2, -0.15) is 0 Å². The third kappa shape index (κ3) is 2.42. The molecule has 0 amide bonds. The van der Waals surface area contributed by atoms with Crippen molar-refractivity contribution in [2.24, 2.45) is 0 Å². The number of benzene rings is 1. The Labute approximate surface area is 121 Å². The molecule has 1 aromatic rings. The van der Waals surface area contributed by atoms with E-state index in [0.29, 0.717) is 0 Å². The maximum Gasteiger partial charge on any atom is 0.437 e. The monoisotopic (exact) mass is 337 g/mol. The molecule has 0 atom stereocenters. The minimum atomic E-state index is -2.00. The molecule has 15 nitrogen and oxygen atoms in total. The molecule has 0 radical (unpaired) electrons. The number of nitrogens with zero attached hydrogens (tertiary/aromatic N) is 5. The fraction of sp³-hybridized carbons (Fsp3) is 0. The molecule has 0 fully saturated rings. The molecule has 16 heteroatoms. The lowest BCUT2D eigenvalue weighted by atomic mass is 10.1. The molecule has 0 bridgehead atoms. The molecular weight excluding hydrogens is 338 g/mol. The molecule has 0 saturated heterocycles. The van der Waals surface area contributed by atoms with Crippen molar-refractivity contribution >= 4 is 40.0 Å². The number of halogens is 1. The molecule has 0 spiro atoms. The summed E-state index contributed by atoms with van der Waals surface area (Å²) in [5.41, 5.74) is -9.40. The Hall–Kier alpha value is -3.49. The first kappa shape index (κ1) is 16.6. The summed E-state index contributed by atoms with van der Waals surface area (Å²) in [5, 5.41) is 52.4. The van der Waals surface area contributed by atoms with Crippen molar-refractivity contribution in [1.29, 1.82) is 0 Å². The van der Waals surface area contributed by atoms with Crippen LogP contribution in [0.15, 0.2) is 0 Å². The van der Waals surface area contributed by atoms with Crippen LogP contribution < -0.4 is 0 Å². The lowest BCUT2D eigenvalue weighted by Crippen LogP contribution is -2.08. The second kappa shape index (κ2) is 5.48. The first-order valence-electron chi connectivity index (χ1n) is 4.63. The van der Waals surface area contributed by atoms with E-state index in [0.717, 1.165) is 0 Å². The van der Waals surface area contributed by atoms with E-state index >= 15 is 0 Å². The van der Waals surface area contributed by atoms with Crippen LogP contribution in [0.5, 0.6) is 0 Å². The third-order valence-corrected chi connectivity index (χ3v) is 2.58. The fourth-order valence-electron chi connectivity index (χ4n) is 1.51. The number of nitro groups is 5. The summed E-state index contributed by atoms with van der Waals surface area (Å²) < 4.78 is 0. The summed E-state index contributed by atoms with van der Waals surface area (Å²) in [5.74, 6) is 0. The second-order valence-electron chi connectivity index (χ2n) is 3.34. The van der Waals surface area contributed by atoms with E-state index in [1.165, 1.54) is 0 Å². The van der Waals surface area contributed by atoms with E-state index < -0.39 is 58.1 Å². The molecular formula is C6ClN5O10. The molecule has 0 aliphatic heterocycles. The van der Waals surface area contributed by atoms with Crippen molar-refractivity contribution in [2.75, 3.05) is 0 Å². The van der Waals surface area contributed by atoms with Gasteiger partial charge in [-0.15, -0.1) is 0 Å². The highest BCUT2D eigenvalue weighted by Gasteiger charge is 2.54. The average Bonchev–Trinajstić information content (AvgIpc) is 2.34. The van der Waals surface area contributed by atoms with Crippen LogP contribution in [-0.4, -0.2) is 24.6 Å². The van der Waals surface area contributed by atoms with Crippen LogP contribution in [0.1, 0.15) is 0 Å². The van der Waals surface area contributed by atoms with Crippen LogP contribution in [0.4, 0.5) is 28.4 Å². The molecule has 0 aliphatic carbocycles. The highest BCUT2D eigenvalue weighted by Crippen LogP contribution is 2.53. The quantitative estimate of drug-likeness (QED) is 0.560. The number of rotatable bonds is 5. The predicted molar refractivity (Wildman–Crippen MR) is 64.7 cm³/mol. The van der Waals surface area contributed by atoms with Gasteiger partial charge in [0.05, 0.1) is 24.6 Å². The first-order chi connectivity index (χ1) is 10.0. The van der Waals surface area contributed by atoms with Gasteiger partial charge in [-0.25, -0.2) is 0 Å². The predicted octanol–water partition coefficient (Wildman–Crippen LogP) is 1.88. The van der Waals surface area contributed by atoms with Gasteiger partial charge >= 0.3 is 28.4 Å². The summed E-state index contributed by atoms with van der Waals surface area (Å²) >= 11 is 5.26. The van der Waals surface area contributed by atoms with Gasteiger partial charge in [-0.05, 0) is 0 Å². The standard InChI is InChI=1S/C6ClN5O10/c7-1-2(8(13)14)4(10(17)18)6(12(21)22)5(11(19)20)3(1)9(15)16. The maximum absolute atomic E-state index is 10.8. The van der Waals surface area contributed by atoms with Crippen LogP contribution in [0.3, 0.4) is 0 Å². The number of hydrogen-bond acceptors (Lipinski definition) is 10. The Kier molecular flexibility index (Phi) is 4.13. The van der Waals surface area contributed by atoms with Crippen LogP contribution in [0.2, 0.25) is 5.02 Å². The summed E-state index contributed by atoms with van der Waals surface area (Å²) in [4.78, 5) is 45.8. The van der Waals surface area contributed by atoms with Gasteiger partial charge < -0.3 is 0 Å². The summed E-state index contributed by atoms with van der Waals surface area (Å²) in [6.45, 7) is 0. The second-order valence-corrected chi connectivity index (χ2v) is 3.72. The van der Waals surface area contributed by atoms with Crippen LogP contribution in [0.25, 0.3) is 0 Å². The topological polar surface area (TPSA) is 216 Å². The van der Waals surface area contributed by atoms with Gasteiger partial charge in [0, 0.05) is 0 Å². The van der Waals surface area contributed by atoms with E-state index in [2.05, 4.69) is 0 Å². The van der Waals surface area contributed by atoms with Gasteiger partial charge in [0.2, 0.25) is 5.02 Å². The third-order valence-electron chi connectivity index (χ3n) is 2.23. The average molecular weight is 338 g/mol. The molecule has 0 saturated carbocycles. The van der Waals surface area contributed by atoms with Crippen molar-refractivity contribution in [3.05, 3.63) is 55.6 Å². The highest BCUT2D eigenvalue weighted by molar-refractivity contribution is 6.36. The Balaban J connectivity index is 4.31. The molecule has 22 heavy (non-hydrogen) atoms. The van der Waals surface area contributed by atoms with Crippen molar-refractivity contribution in [1.82, 2.24) is 0 Å². The molecule has 116 valence electrons. The van der Waals surface area contributed by atoms with Crippen molar-refractivity contribution in [3.63, 3.8) is 0 Å². The number of hydrogen-bond donors (Lipinski definition) is 0. The molecule has 0 aliphatic rings. The Bertz CT molecular complexity index is 706. The van der Waals surface area contributed by atoms with E-state index in [-0.39, 0.29) is 0 Å². The summed E-state index contributed by atoms with van der Waals surface area (Å²) in [6, 6.07) is 0. The van der Waals surface area contributed by atoms with Gasteiger partial charge in [-0.3, -0.25) is 50.6 Å². The minimum Gasteiger partial charge on any atom is -0.258 e.